The molecule has 0 radical (unpaired) electrons. The second-order valence-electron chi connectivity index (χ2n) is 4.64. The van der Waals surface area contributed by atoms with E-state index in [0.717, 1.165) is 11.1 Å². The van der Waals surface area contributed by atoms with Gasteiger partial charge in [0.1, 0.15) is 11.5 Å². The van der Waals surface area contributed by atoms with Crippen LogP contribution in [0.15, 0.2) is 12.1 Å². The Labute approximate surface area is 132 Å². The molecule has 120 valence electrons. The summed E-state index contributed by atoms with van der Waals surface area (Å²) in [5, 5.41) is 0. The molecule has 1 atom stereocenters. The lowest BCUT2D eigenvalue weighted by Crippen LogP contribution is -2.18. The second kappa shape index (κ2) is 9.47. The van der Waals surface area contributed by atoms with Gasteiger partial charge in [0.05, 0.1) is 27.2 Å². The summed E-state index contributed by atoms with van der Waals surface area (Å²) in [7, 11) is 3.17. The minimum absolute atomic E-state index is 0. The van der Waals surface area contributed by atoms with Crippen molar-refractivity contribution >= 4 is 18.4 Å². The van der Waals surface area contributed by atoms with Gasteiger partial charge in [-0.25, -0.2) is 0 Å². The summed E-state index contributed by atoms with van der Waals surface area (Å²) in [6.45, 7) is 4.07. The number of benzene rings is 1. The highest BCUT2D eigenvalue weighted by Gasteiger charge is 2.15. The Morgan fingerprint density at radius 2 is 1.71 bits per heavy atom. The van der Waals surface area contributed by atoms with Crippen LogP contribution in [-0.2, 0) is 22.4 Å². The van der Waals surface area contributed by atoms with E-state index < -0.39 is 0 Å². The molecule has 1 aromatic carbocycles. The van der Waals surface area contributed by atoms with Gasteiger partial charge >= 0.3 is 5.97 Å². The Bertz CT molecular complexity index is 463. The minimum Gasteiger partial charge on any atom is -0.496 e. The number of methoxy groups -OCH3 is 2. The van der Waals surface area contributed by atoms with Gasteiger partial charge in [-0.15, -0.1) is 12.4 Å². The van der Waals surface area contributed by atoms with E-state index in [1.54, 1.807) is 21.1 Å². The summed E-state index contributed by atoms with van der Waals surface area (Å²) in [5.74, 6) is 1.07. The summed E-state index contributed by atoms with van der Waals surface area (Å²) in [5.41, 5.74) is 7.54. The van der Waals surface area contributed by atoms with Crippen molar-refractivity contribution < 1.29 is 19.0 Å². The molecule has 0 spiro atoms. The van der Waals surface area contributed by atoms with Gasteiger partial charge in [-0.1, -0.05) is 0 Å². The average molecular weight is 318 g/mol. The van der Waals surface area contributed by atoms with Crippen LogP contribution in [0.1, 0.15) is 25.0 Å². The first kappa shape index (κ1) is 19.5. The maximum Gasteiger partial charge on any atom is 0.310 e. The zero-order valence-electron chi connectivity index (χ0n) is 13.0. The van der Waals surface area contributed by atoms with Gasteiger partial charge in [0, 0.05) is 11.6 Å². The third kappa shape index (κ3) is 5.81. The summed E-state index contributed by atoms with van der Waals surface area (Å²) >= 11 is 0. The number of nitrogens with two attached hydrogens (primary N) is 1. The molecule has 0 saturated heterocycles. The number of esters is 1. The Morgan fingerprint density at radius 3 is 2.19 bits per heavy atom. The van der Waals surface area contributed by atoms with Crippen molar-refractivity contribution in [3.8, 4) is 11.5 Å². The predicted molar refractivity (Wildman–Crippen MR) is 84.5 cm³/mol. The van der Waals surface area contributed by atoms with E-state index in [1.165, 1.54) is 0 Å². The Balaban J connectivity index is 0.00000400. The normalized spacial score (nSPS) is 11.3. The van der Waals surface area contributed by atoms with E-state index >= 15 is 0 Å². The fourth-order valence-electron chi connectivity index (χ4n) is 2.04. The Kier molecular flexibility index (Phi) is 8.81. The molecule has 1 rings (SSSR count). The predicted octanol–water partition coefficient (Wildman–Crippen LogP) is 2.12. The van der Waals surface area contributed by atoms with Crippen LogP contribution in [0.5, 0.6) is 11.5 Å². The van der Waals surface area contributed by atoms with E-state index in [-0.39, 0.29) is 30.8 Å². The maximum atomic E-state index is 11.6. The van der Waals surface area contributed by atoms with Crippen molar-refractivity contribution in [2.45, 2.75) is 32.7 Å². The standard InChI is InChI=1S/C15H23NO4.ClH/c1-5-20-15(17)9-12-8-13(18-3)11(6-10(2)16)7-14(12)19-4;/h7-8,10H,5-6,9,16H2,1-4H3;1H. The van der Waals surface area contributed by atoms with Crippen LogP contribution in [0.4, 0.5) is 0 Å². The summed E-state index contributed by atoms with van der Waals surface area (Å²) in [4.78, 5) is 11.6. The van der Waals surface area contributed by atoms with Crippen molar-refractivity contribution in [2.24, 2.45) is 5.73 Å². The third-order valence-corrected chi connectivity index (χ3v) is 2.87. The first-order chi connectivity index (χ1) is 9.51. The van der Waals surface area contributed by atoms with Crippen LogP contribution in [0, 0.1) is 0 Å². The fraction of sp³-hybridized carbons (Fsp3) is 0.533. The van der Waals surface area contributed by atoms with Crippen LogP contribution in [-0.4, -0.2) is 32.8 Å². The molecule has 6 heteroatoms. The lowest BCUT2D eigenvalue weighted by atomic mass is 10.0. The fourth-order valence-corrected chi connectivity index (χ4v) is 2.04. The first-order valence-corrected chi connectivity index (χ1v) is 6.66. The molecule has 0 aliphatic carbocycles. The smallest absolute Gasteiger partial charge is 0.310 e. The van der Waals surface area contributed by atoms with Gasteiger partial charge in [0.25, 0.3) is 0 Å². The molecule has 0 bridgehead atoms. The molecule has 21 heavy (non-hydrogen) atoms. The van der Waals surface area contributed by atoms with E-state index in [1.807, 2.05) is 19.1 Å². The number of rotatable bonds is 7. The zero-order chi connectivity index (χ0) is 15.1. The van der Waals surface area contributed by atoms with Crippen molar-refractivity contribution in [3.05, 3.63) is 23.3 Å². The molecule has 0 fully saturated rings. The molecule has 0 aromatic heterocycles. The molecule has 1 aromatic rings. The van der Waals surface area contributed by atoms with E-state index in [9.17, 15) is 4.79 Å². The summed E-state index contributed by atoms with van der Waals surface area (Å²) < 4.78 is 15.7. The lowest BCUT2D eigenvalue weighted by molar-refractivity contribution is -0.142. The van der Waals surface area contributed by atoms with Crippen molar-refractivity contribution in [2.75, 3.05) is 20.8 Å². The van der Waals surface area contributed by atoms with E-state index in [4.69, 9.17) is 19.9 Å². The van der Waals surface area contributed by atoms with Crippen molar-refractivity contribution in [1.29, 1.82) is 0 Å². The molecule has 0 amide bonds. The van der Waals surface area contributed by atoms with Gasteiger partial charge in [-0.2, -0.15) is 0 Å². The number of hydrogen-bond acceptors (Lipinski definition) is 5. The molecule has 0 aliphatic heterocycles. The van der Waals surface area contributed by atoms with Gasteiger partial charge in [-0.05, 0) is 38.0 Å². The quantitative estimate of drug-likeness (QED) is 0.780. The van der Waals surface area contributed by atoms with E-state index in [2.05, 4.69) is 0 Å². The van der Waals surface area contributed by atoms with Gasteiger partial charge < -0.3 is 19.9 Å². The number of hydrogen-bond donors (Lipinski definition) is 1. The topological polar surface area (TPSA) is 70.8 Å². The number of ether oxygens (including phenoxy) is 3. The minimum atomic E-state index is -0.284. The molecule has 5 nitrogen and oxygen atoms in total. The van der Waals surface area contributed by atoms with Crippen LogP contribution in [0.3, 0.4) is 0 Å². The number of carbonyl (C=O) groups excluding carboxylic acids is 1. The van der Waals surface area contributed by atoms with Crippen LogP contribution < -0.4 is 15.2 Å². The lowest BCUT2D eigenvalue weighted by Gasteiger charge is -2.16. The van der Waals surface area contributed by atoms with Crippen LogP contribution in [0.25, 0.3) is 0 Å². The highest BCUT2D eigenvalue weighted by Crippen LogP contribution is 2.30. The monoisotopic (exact) mass is 317 g/mol. The van der Waals surface area contributed by atoms with Crippen molar-refractivity contribution in [1.82, 2.24) is 0 Å². The zero-order valence-corrected chi connectivity index (χ0v) is 13.8. The van der Waals surface area contributed by atoms with Crippen LogP contribution in [0.2, 0.25) is 0 Å². The summed E-state index contributed by atoms with van der Waals surface area (Å²) in [6, 6.07) is 3.70. The largest absolute Gasteiger partial charge is 0.496 e. The highest BCUT2D eigenvalue weighted by molar-refractivity contribution is 5.85. The average Bonchev–Trinajstić information content (AvgIpc) is 2.39. The molecule has 2 N–H and O–H groups in total. The van der Waals surface area contributed by atoms with Crippen molar-refractivity contribution in [3.63, 3.8) is 0 Å². The van der Waals surface area contributed by atoms with Crippen LogP contribution >= 0.6 is 12.4 Å². The first-order valence-electron chi connectivity index (χ1n) is 6.66. The molecule has 0 heterocycles. The number of carbonyl (C=O) groups is 1. The maximum absolute atomic E-state index is 11.6. The van der Waals surface area contributed by atoms with Gasteiger partial charge in [0.15, 0.2) is 0 Å². The molecule has 0 saturated carbocycles. The van der Waals surface area contributed by atoms with E-state index in [0.29, 0.717) is 24.5 Å². The second-order valence-corrected chi connectivity index (χ2v) is 4.64. The molecule has 0 aliphatic rings. The molecular weight excluding hydrogens is 294 g/mol. The highest BCUT2D eigenvalue weighted by atomic mass is 35.5. The molecule has 1 unspecified atom stereocenters. The van der Waals surface area contributed by atoms with Gasteiger partial charge in [0.2, 0.25) is 0 Å². The number of halogens is 1. The Hall–Kier alpha value is -1.46. The third-order valence-electron chi connectivity index (χ3n) is 2.87. The SMILES string of the molecule is CCOC(=O)Cc1cc(OC)c(CC(C)N)cc1OC.Cl. The Morgan fingerprint density at radius 1 is 1.19 bits per heavy atom. The summed E-state index contributed by atoms with van der Waals surface area (Å²) in [6.07, 6.45) is 0.838. The molecular formula is C15H24ClNO4. The van der Waals surface area contributed by atoms with Gasteiger partial charge in [-0.3, -0.25) is 4.79 Å².